The van der Waals surface area contributed by atoms with Gasteiger partial charge in [0, 0.05) is 4.88 Å². The molecule has 1 heterocycles. The van der Waals surface area contributed by atoms with Crippen molar-refractivity contribution in [2.45, 2.75) is 131 Å². The van der Waals surface area contributed by atoms with E-state index in [0.717, 1.165) is 33.7 Å². The van der Waals surface area contributed by atoms with Crippen LogP contribution < -0.4 is 4.74 Å². The van der Waals surface area contributed by atoms with E-state index >= 15 is 0 Å². The summed E-state index contributed by atoms with van der Waals surface area (Å²) in [5.41, 5.74) is 3.81. The summed E-state index contributed by atoms with van der Waals surface area (Å²) in [6.07, 6.45) is 3.42. The molecular weight excluding hydrogens is 577 g/mol. The maximum absolute atomic E-state index is 11.5. The lowest BCUT2D eigenvalue weighted by Gasteiger charge is -2.37. The number of benzene rings is 1. The smallest absolute Gasteiger partial charge is 0.309 e. The molecule has 2 aromatic rings. The lowest BCUT2D eigenvalue weighted by Crippen LogP contribution is -2.41. The van der Waals surface area contributed by atoms with Crippen LogP contribution in [0.5, 0.6) is 5.75 Å². The maximum Gasteiger partial charge on any atom is 0.309 e. The minimum absolute atomic E-state index is 0.130. The lowest BCUT2D eigenvalue weighted by atomic mass is 9.88. The van der Waals surface area contributed by atoms with E-state index < -0.39 is 28.0 Å². The molecule has 5 nitrogen and oxygen atoms in total. The first-order chi connectivity index (χ1) is 19.1. The van der Waals surface area contributed by atoms with Gasteiger partial charge in [0.2, 0.25) is 0 Å². The summed E-state index contributed by atoms with van der Waals surface area (Å²) < 4.78 is 19.5. The Kier molecular flexibility index (Phi) is 12.1. The average Bonchev–Trinajstić information content (AvgIpc) is 3.33. The number of rotatable bonds is 14. The van der Waals surface area contributed by atoms with Crippen LogP contribution in [0, 0.1) is 5.41 Å². The number of ether oxygens (including phenoxy) is 1. The predicted molar refractivity (Wildman–Crippen MR) is 183 cm³/mol. The van der Waals surface area contributed by atoms with Crippen molar-refractivity contribution in [2.75, 3.05) is 0 Å². The molecule has 0 bridgehead atoms. The second-order valence-corrected chi connectivity index (χ2v) is 25.7. The van der Waals surface area contributed by atoms with E-state index in [1.54, 1.807) is 25.2 Å². The third-order valence-electron chi connectivity index (χ3n) is 9.19. The second-order valence-electron chi connectivity index (χ2n) is 15.1. The molecule has 0 atom stereocenters. The fourth-order valence-electron chi connectivity index (χ4n) is 3.63. The van der Waals surface area contributed by atoms with Gasteiger partial charge >= 0.3 is 5.97 Å². The zero-order valence-electron chi connectivity index (χ0n) is 28.5. The van der Waals surface area contributed by atoms with Crippen molar-refractivity contribution in [3.8, 4) is 5.75 Å². The van der Waals surface area contributed by atoms with Crippen LogP contribution in [0.15, 0.2) is 35.7 Å². The number of carboxylic acid groups (broad SMARTS) is 1. The van der Waals surface area contributed by atoms with Crippen LogP contribution in [0.1, 0.15) is 96.7 Å². The van der Waals surface area contributed by atoms with Gasteiger partial charge in [-0.25, -0.2) is 0 Å². The molecule has 0 radical (unpaired) electrons. The van der Waals surface area contributed by atoms with E-state index in [0.29, 0.717) is 26.2 Å². The average molecular weight is 633 g/mol. The van der Waals surface area contributed by atoms with Gasteiger partial charge in [0.1, 0.15) is 12.4 Å². The van der Waals surface area contributed by atoms with Crippen molar-refractivity contribution in [1.29, 1.82) is 0 Å². The van der Waals surface area contributed by atoms with E-state index in [2.05, 4.69) is 104 Å². The summed E-state index contributed by atoms with van der Waals surface area (Å²) in [5.74, 6) is 0.0459. The van der Waals surface area contributed by atoms with E-state index in [-0.39, 0.29) is 10.1 Å². The van der Waals surface area contributed by atoms with Crippen LogP contribution in [-0.2, 0) is 33.5 Å². The second kappa shape index (κ2) is 13.9. The summed E-state index contributed by atoms with van der Waals surface area (Å²) in [6, 6.07) is 8.46. The number of thiophene rings is 1. The molecule has 236 valence electrons. The normalized spacial score (nSPS) is 13.9. The number of allylic oxidation sites excluding steroid dienone is 2. The molecule has 42 heavy (non-hydrogen) atoms. The molecular formula is C34H56O5SSi2. The quantitative estimate of drug-likeness (QED) is 0.210. The van der Waals surface area contributed by atoms with Gasteiger partial charge in [-0.05, 0) is 109 Å². The molecule has 2 rings (SSSR count). The van der Waals surface area contributed by atoms with E-state index in [4.69, 9.17) is 13.6 Å². The first-order valence-corrected chi connectivity index (χ1v) is 21.8. The Morgan fingerprint density at radius 3 is 1.90 bits per heavy atom. The number of hydrogen-bond acceptors (Lipinski definition) is 5. The summed E-state index contributed by atoms with van der Waals surface area (Å²) in [7, 11) is -3.84. The Labute approximate surface area is 262 Å². The molecule has 1 N–H and O–H groups in total. The number of carbonyl (C=O) groups is 1. The third-order valence-corrected chi connectivity index (χ3v) is 19.1. The molecule has 0 spiro atoms. The van der Waals surface area contributed by atoms with Crippen LogP contribution in [0.3, 0.4) is 0 Å². The van der Waals surface area contributed by atoms with Gasteiger partial charge in [0.15, 0.2) is 16.6 Å². The van der Waals surface area contributed by atoms with Gasteiger partial charge in [-0.15, -0.1) is 11.3 Å². The standard InChI is InChI=1S/C34H56O5SSi2/c1-14-25(17-18-34(8,9)31(35)36)28-20-30(40-24-28)23-37-29-16-15-26(21-38-41(10,11)32(2,3)4)27(19-29)22-39-42(12,13)33(5,6)7/h15-17,19-20,24H,14,18,21-23H2,1-13H3,(H,35,36)/b25-17+. The molecule has 8 heteroatoms. The van der Waals surface area contributed by atoms with Gasteiger partial charge in [-0.2, -0.15) is 0 Å². The Bertz CT molecular complexity index is 1230. The van der Waals surface area contributed by atoms with E-state index in [9.17, 15) is 9.90 Å². The number of hydrogen-bond donors (Lipinski definition) is 1. The molecule has 0 aliphatic carbocycles. The first kappa shape index (κ1) is 36.5. The number of aliphatic carboxylic acids is 1. The highest BCUT2D eigenvalue weighted by Crippen LogP contribution is 2.39. The van der Waals surface area contributed by atoms with Crippen LogP contribution >= 0.6 is 11.3 Å². The molecule has 1 aromatic carbocycles. The molecule has 0 saturated carbocycles. The Balaban J connectivity index is 2.23. The largest absolute Gasteiger partial charge is 0.488 e. The van der Waals surface area contributed by atoms with Gasteiger partial charge in [0.25, 0.3) is 0 Å². The van der Waals surface area contributed by atoms with Crippen LogP contribution in [0.4, 0.5) is 0 Å². The Morgan fingerprint density at radius 2 is 1.40 bits per heavy atom. The van der Waals surface area contributed by atoms with Crippen molar-refractivity contribution < 1.29 is 23.5 Å². The SMILES string of the molecule is CC/C(=C\CC(C)(C)C(=O)O)c1csc(COc2ccc(CO[Si](C)(C)C(C)(C)C)c(CO[Si](C)(C)C(C)(C)C)c2)c1. The van der Waals surface area contributed by atoms with E-state index in [1.807, 2.05) is 6.07 Å². The predicted octanol–water partition coefficient (Wildman–Crippen LogP) is 10.7. The van der Waals surface area contributed by atoms with Gasteiger partial charge in [-0.3, -0.25) is 4.79 Å². The van der Waals surface area contributed by atoms with Crippen LogP contribution in [0.25, 0.3) is 5.57 Å². The number of carboxylic acids is 1. The molecule has 0 amide bonds. The fraction of sp³-hybridized carbons (Fsp3) is 0.618. The first-order valence-electron chi connectivity index (χ1n) is 15.1. The van der Waals surface area contributed by atoms with Crippen molar-refractivity contribution in [3.63, 3.8) is 0 Å². The Morgan fingerprint density at radius 1 is 0.857 bits per heavy atom. The monoisotopic (exact) mass is 632 g/mol. The fourth-order valence-corrected chi connectivity index (χ4v) is 6.35. The van der Waals surface area contributed by atoms with Crippen molar-refractivity contribution in [2.24, 2.45) is 5.41 Å². The van der Waals surface area contributed by atoms with Gasteiger partial charge in [-0.1, -0.05) is 60.6 Å². The summed E-state index contributed by atoms with van der Waals surface area (Å²) >= 11 is 1.67. The van der Waals surface area contributed by atoms with Crippen molar-refractivity contribution >= 4 is 39.5 Å². The molecule has 0 aliphatic rings. The highest BCUT2D eigenvalue weighted by Gasteiger charge is 2.38. The van der Waals surface area contributed by atoms with Gasteiger partial charge < -0.3 is 18.7 Å². The highest BCUT2D eigenvalue weighted by atomic mass is 32.1. The minimum atomic E-state index is -1.93. The van der Waals surface area contributed by atoms with E-state index in [1.165, 1.54) is 5.57 Å². The molecule has 1 aromatic heterocycles. The van der Waals surface area contributed by atoms with Crippen LogP contribution in [-0.4, -0.2) is 27.7 Å². The Hall–Kier alpha value is -1.72. The third kappa shape index (κ3) is 9.91. The molecule has 0 unspecified atom stereocenters. The lowest BCUT2D eigenvalue weighted by molar-refractivity contribution is -0.146. The zero-order valence-corrected chi connectivity index (χ0v) is 31.3. The van der Waals surface area contributed by atoms with Gasteiger partial charge in [0.05, 0.1) is 18.6 Å². The topological polar surface area (TPSA) is 65.0 Å². The van der Waals surface area contributed by atoms with Crippen LogP contribution in [0.2, 0.25) is 36.3 Å². The van der Waals surface area contributed by atoms with Crippen molar-refractivity contribution in [1.82, 2.24) is 0 Å². The van der Waals surface area contributed by atoms with Crippen molar-refractivity contribution in [3.05, 3.63) is 57.3 Å². The molecule has 0 fully saturated rings. The highest BCUT2D eigenvalue weighted by molar-refractivity contribution is 7.10. The minimum Gasteiger partial charge on any atom is -0.488 e. The summed E-state index contributed by atoms with van der Waals surface area (Å²) in [5, 5.41) is 11.9. The summed E-state index contributed by atoms with van der Waals surface area (Å²) in [6.45, 7) is 30.0. The molecule has 0 aliphatic heterocycles. The summed E-state index contributed by atoms with van der Waals surface area (Å²) in [4.78, 5) is 12.7. The molecule has 0 saturated heterocycles. The maximum atomic E-state index is 11.5. The zero-order chi connectivity index (χ0) is 32.1.